The van der Waals surface area contributed by atoms with Crippen LogP contribution in [0.15, 0.2) is 0 Å². The summed E-state index contributed by atoms with van der Waals surface area (Å²) in [6, 6.07) is 0. The molecule has 2 rings (SSSR count). The van der Waals surface area contributed by atoms with Crippen LogP contribution in [-0.4, -0.2) is 25.2 Å². The van der Waals surface area contributed by atoms with Crippen LogP contribution in [0.1, 0.15) is 6.42 Å². The normalized spacial score (nSPS) is 34.3. The number of rotatable bonds is 0. The lowest BCUT2D eigenvalue weighted by atomic mass is 9.82. The van der Waals surface area contributed by atoms with Gasteiger partial charge in [-0.15, -0.1) is 0 Å². The second kappa shape index (κ2) is 1.01. The van der Waals surface area contributed by atoms with Gasteiger partial charge in [-0.3, -0.25) is 0 Å². The first-order valence-electron chi connectivity index (χ1n) is 2.87. The van der Waals surface area contributed by atoms with Gasteiger partial charge in [0.05, 0.1) is 0 Å². The predicted molar refractivity (Wildman–Crippen MR) is 28.2 cm³/mol. The maximum atomic E-state index is 3.40. The van der Waals surface area contributed by atoms with Gasteiger partial charge >= 0.3 is 0 Å². The third-order valence-electron chi connectivity index (χ3n) is 2.03. The summed E-state index contributed by atoms with van der Waals surface area (Å²) in [5.41, 5.74) is 0.583. The lowest BCUT2D eigenvalue weighted by Gasteiger charge is -2.50. The van der Waals surface area contributed by atoms with Crippen molar-refractivity contribution in [2.45, 2.75) is 12.0 Å². The summed E-state index contributed by atoms with van der Waals surface area (Å²) in [6.45, 7) is 3.64. The van der Waals surface area contributed by atoms with Crippen LogP contribution in [0.3, 0.4) is 0 Å². The minimum Gasteiger partial charge on any atom is -0.313 e. The molecule has 2 nitrogen and oxygen atoms in total. The summed E-state index contributed by atoms with van der Waals surface area (Å²) in [6.07, 6.45) is 1.39. The zero-order valence-corrected chi connectivity index (χ0v) is 4.33. The Hall–Kier alpha value is -0.0800. The van der Waals surface area contributed by atoms with Gasteiger partial charge in [-0.25, -0.2) is 0 Å². The van der Waals surface area contributed by atoms with E-state index < -0.39 is 0 Å². The van der Waals surface area contributed by atoms with E-state index in [1.807, 2.05) is 0 Å². The molecule has 40 valence electrons. The van der Waals surface area contributed by atoms with Crippen molar-refractivity contribution < 1.29 is 0 Å². The molecule has 1 spiro atoms. The van der Waals surface area contributed by atoms with Crippen LogP contribution in [0.2, 0.25) is 0 Å². The fraction of sp³-hybridized carbons (Fsp3) is 1.00. The van der Waals surface area contributed by atoms with Crippen molar-refractivity contribution >= 4 is 0 Å². The molecule has 2 aliphatic heterocycles. The van der Waals surface area contributed by atoms with Crippen LogP contribution in [-0.2, 0) is 0 Å². The van der Waals surface area contributed by atoms with Gasteiger partial charge in [-0.1, -0.05) is 0 Å². The molecular weight excluding hydrogens is 88.1 g/mol. The van der Waals surface area contributed by atoms with E-state index in [0.29, 0.717) is 5.54 Å². The van der Waals surface area contributed by atoms with E-state index in [-0.39, 0.29) is 0 Å². The van der Waals surface area contributed by atoms with Crippen LogP contribution in [0.4, 0.5) is 0 Å². The average molecular weight is 98.1 g/mol. The molecule has 0 unspecified atom stereocenters. The Morgan fingerprint density at radius 1 is 1.29 bits per heavy atom. The van der Waals surface area contributed by atoms with Gasteiger partial charge in [0.25, 0.3) is 0 Å². The van der Waals surface area contributed by atoms with E-state index in [1.54, 1.807) is 0 Å². The van der Waals surface area contributed by atoms with Crippen molar-refractivity contribution in [1.29, 1.82) is 0 Å². The summed E-state index contributed by atoms with van der Waals surface area (Å²) >= 11 is 0. The summed E-state index contributed by atoms with van der Waals surface area (Å²) in [5, 5.41) is 6.64. The van der Waals surface area contributed by atoms with E-state index in [4.69, 9.17) is 0 Å². The van der Waals surface area contributed by atoms with Crippen molar-refractivity contribution in [3.8, 4) is 0 Å². The first kappa shape index (κ1) is 3.87. The minimum atomic E-state index is 0.583. The monoisotopic (exact) mass is 98.1 g/mol. The Kier molecular flexibility index (Phi) is 0.557. The molecule has 0 atom stereocenters. The highest BCUT2D eigenvalue weighted by atomic mass is 15.2. The highest BCUT2D eigenvalue weighted by Gasteiger charge is 2.41. The fourth-order valence-corrected chi connectivity index (χ4v) is 1.21. The van der Waals surface area contributed by atoms with E-state index in [9.17, 15) is 0 Å². The Bertz CT molecular complexity index is 66.6. The highest BCUT2D eigenvalue weighted by molar-refractivity contribution is 5.06. The zero-order chi connectivity index (χ0) is 4.74. The van der Waals surface area contributed by atoms with Gasteiger partial charge in [0, 0.05) is 18.6 Å². The molecular formula is C5H10N2. The summed E-state index contributed by atoms with van der Waals surface area (Å²) in [4.78, 5) is 0. The molecule has 0 aromatic heterocycles. The van der Waals surface area contributed by atoms with Gasteiger partial charge < -0.3 is 10.6 Å². The quantitative estimate of drug-likeness (QED) is 0.419. The number of nitrogens with one attached hydrogen (secondary N) is 2. The SMILES string of the molecule is C1CC2(CNC2)N1. The largest absolute Gasteiger partial charge is 0.313 e. The molecule has 0 bridgehead atoms. The van der Waals surface area contributed by atoms with Crippen molar-refractivity contribution in [2.75, 3.05) is 19.6 Å². The van der Waals surface area contributed by atoms with Crippen molar-refractivity contribution in [1.82, 2.24) is 10.6 Å². The van der Waals surface area contributed by atoms with E-state index >= 15 is 0 Å². The Morgan fingerprint density at radius 3 is 2.00 bits per heavy atom. The maximum Gasteiger partial charge on any atom is 0.0444 e. The van der Waals surface area contributed by atoms with Crippen molar-refractivity contribution in [3.63, 3.8) is 0 Å². The molecule has 2 fully saturated rings. The lowest BCUT2D eigenvalue weighted by molar-refractivity contribution is 0.128. The van der Waals surface area contributed by atoms with Crippen molar-refractivity contribution in [2.24, 2.45) is 0 Å². The molecule has 0 aromatic carbocycles. The second-order valence-electron chi connectivity index (χ2n) is 2.56. The average Bonchev–Trinajstić information content (AvgIpc) is 1.20. The molecule has 7 heavy (non-hydrogen) atoms. The van der Waals surface area contributed by atoms with Crippen molar-refractivity contribution in [3.05, 3.63) is 0 Å². The highest BCUT2D eigenvalue weighted by Crippen LogP contribution is 2.21. The first-order valence-corrected chi connectivity index (χ1v) is 2.87. The summed E-state index contributed by atoms with van der Waals surface area (Å²) < 4.78 is 0. The third kappa shape index (κ3) is 0.359. The first-order chi connectivity index (χ1) is 3.41. The van der Waals surface area contributed by atoms with Crippen LogP contribution < -0.4 is 10.6 Å². The molecule has 2 aliphatic rings. The fourth-order valence-electron chi connectivity index (χ4n) is 1.21. The van der Waals surface area contributed by atoms with Crippen LogP contribution in [0.25, 0.3) is 0 Å². The number of hydrogen-bond donors (Lipinski definition) is 2. The number of hydrogen-bond acceptors (Lipinski definition) is 2. The zero-order valence-electron chi connectivity index (χ0n) is 4.33. The Morgan fingerprint density at radius 2 is 2.00 bits per heavy atom. The molecule has 2 saturated heterocycles. The van der Waals surface area contributed by atoms with Gasteiger partial charge in [-0.2, -0.15) is 0 Å². The third-order valence-corrected chi connectivity index (χ3v) is 2.03. The lowest BCUT2D eigenvalue weighted by Crippen LogP contribution is -2.74. The summed E-state index contributed by atoms with van der Waals surface area (Å²) in [7, 11) is 0. The molecule has 2 heterocycles. The van der Waals surface area contributed by atoms with E-state index in [2.05, 4.69) is 10.6 Å². The van der Waals surface area contributed by atoms with Crippen LogP contribution in [0, 0.1) is 0 Å². The van der Waals surface area contributed by atoms with E-state index in [1.165, 1.54) is 26.1 Å². The van der Waals surface area contributed by atoms with Gasteiger partial charge in [0.2, 0.25) is 0 Å². The van der Waals surface area contributed by atoms with Gasteiger partial charge in [0.15, 0.2) is 0 Å². The smallest absolute Gasteiger partial charge is 0.0444 e. The van der Waals surface area contributed by atoms with Gasteiger partial charge in [-0.05, 0) is 13.0 Å². The molecule has 0 radical (unpaired) electrons. The summed E-state index contributed by atoms with van der Waals surface area (Å²) in [5.74, 6) is 0. The molecule has 2 heteroatoms. The second-order valence-corrected chi connectivity index (χ2v) is 2.56. The maximum absolute atomic E-state index is 3.40. The molecule has 0 saturated carbocycles. The topological polar surface area (TPSA) is 24.1 Å². The predicted octanol–water partition coefficient (Wildman–Crippen LogP) is -0.678. The van der Waals surface area contributed by atoms with Gasteiger partial charge in [0.1, 0.15) is 0 Å². The van der Waals surface area contributed by atoms with Crippen LogP contribution >= 0.6 is 0 Å². The standard InChI is InChI=1S/C5H10N2/c1-2-7-5(1)3-6-4-5/h6-7H,1-4H2. The molecule has 2 N–H and O–H groups in total. The molecule has 0 aromatic rings. The Labute approximate surface area is 43.3 Å². The van der Waals surface area contributed by atoms with E-state index in [0.717, 1.165) is 0 Å². The van der Waals surface area contributed by atoms with Crippen LogP contribution in [0.5, 0.6) is 0 Å². The molecule has 0 amide bonds. The Balaban J connectivity index is 2.00. The molecule has 0 aliphatic carbocycles. The minimum absolute atomic E-state index is 0.583.